The minimum atomic E-state index is -0.205. The van der Waals surface area contributed by atoms with Crippen molar-refractivity contribution in [1.82, 2.24) is 5.43 Å². The molecule has 0 heterocycles. The lowest BCUT2D eigenvalue weighted by molar-refractivity contribution is -0.117. The zero-order chi connectivity index (χ0) is 19.1. The van der Waals surface area contributed by atoms with E-state index in [4.69, 9.17) is 27.9 Å². The van der Waals surface area contributed by atoms with Gasteiger partial charge in [-0.1, -0.05) is 57.4 Å². The van der Waals surface area contributed by atoms with Crippen molar-refractivity contribution in [2.24, 2.45) is 5.10 Å². The quantitative estimate of drug-likeness (QED) is 0.0893. The van der Waals surface area contributed by atoms with Gasteiger partial charge in [-0.15, -0.1) is 16.7 Å². The van der Waals surface area contributed by atoms with Crippen LogP contribution in [-0.4, -0.2) is 17.7 Å². The number of hydrazone groups is 1. The molecular formula is C19H30Cl2N2O2. The fourth-order valence-corrected chi connectivity index (χ4v) is 2.37. The lowest BCUT2D eigenvalue weighted by Crippen LogP contribution is -2.22. The number of carbonyl (C=O) groups is 1. The summed E-state index contributed by atoms with van der Waals surface area (Å²) in [5.74, 6) is 0.593. The average molecular weight is 389 g/mol. The van der Waals surface area contributed by atoms with Crippen molar-refractivity contribution in [3.05, 3.63) is 34.6 Å². The van der Waals surface area contributed by atoms with Gasteiger partial charge in [0.2, 0.25) is 5.90 Å². The summed E-state index contributed by atoms with van der Waals surface area (Å²) in [6, 6.07) is 0. The van der Waals surface area contributed by atoms with E-state index in [1.54, 1.807) is 13.0 Å². The number of halogens is 2. The minimum Gasteiger partial charge on any atom is -0.443 e. The number of hydrogen-bond donors (Lipinski definition) is 1. The monoisotopic (exact) mass is 388 g/mol. The second kappa shape index (κ2) is 15.0. The predicted molar refractivity (Wildman–Crippen MR) is 108 cm³/mol. The molecule has 0 aliphatic rings. The number of nitrogens with zero attached hydrogens (tertiary/aromatic N) is 1. The molecule has 1 N–H and O–H groups in total. The Morgan fingerprint density at radius 1 is 1.24 bits per heavy atom. The van der Waals surface area contributed by atoms with E-state index in [9.17, 15) is 4.79 Å². The van der Waals surface area contributed by atoms with Gasteiger partial charge in [-0.05, 0) is 31.8 Å². The number of nitrogens with one attached hydrogen (secondary N) is 1. The maximum absolute atomic E-state index is 12.2. The van der Waals surface area contributed by atoms with Crippen LogP contribution in [0.25, 0.3) is 0 Å². The van der Waals surface area contributed by atoms with Crippen LogP contribution in [0.3, 0.4) is 0 Å². The van der Waals surface area contributed by atoms with Crippen LogP contribution >= 0.6 is 23.2 Å². The zero-order valence-electron chi connectivity index (χ0n) is 15.7. The van der Waals surface area contributed by atoms with Crippen LogP contribution in [-0.2, 0) is 9.53 Å². The molecule has 0 aliphatic heterocycles. The Bertz CT molecular complexity index is 524. The minimum absolute atomic E-state index is 0.119. The summed E-state index contributed by atoms with van der Waals surface area (Å²) in [6.45, 7) is 7.82. The molecule has 142 valence electrons. The first kappa shape index (κ1) is 23.7. The third-order valence-electron chi connectivity index (χ3n) is 3.23. The molecule has 0 aromatic carbocycles. The van der Waals surface area contributed by atoms with Crippen LogP contribution in [0.1, 0.15) is 66.2 Å². The Morgan fingerprint density at radius 3 is 2.52 bits per heavy atom. The summed E-state index contributed by atoms with van der Waals surface area (Å²) >= 11 is 12.0. The summed E-state index contributed by atoms with van der Waals surface area (Å²) in [5, 5.41) is 4.41. The second-order valence-corrected chi connectivity index (χ2v) is 6.19. The highest BCUT2D eigenvalue weighted by Crippen LogP contribution is 2.15. The maximum Gasteiger partial charge on any atom is 0.267 e. The van der Waals surface area contributed by atoms with Crippen LogP contribution in [0.15, 0.2) is 39.7 Å². The maximum atomic E-state index is 12.2. The van der Waals surface area contributed by atoms with Crippen molar-refractivity contribution in [1.29, 1.82) is 0 Å². The fourth-order valence-electron chi connectivity index (χ4n) is 1.91. The number of allylic oxidation sites excluding steroid dienone is 5. The highest BCUT2D eigenvalue weighted by molar-refractivity contribution is 6.32. The Hall–Kier alpha value is -1.26. The SMILES string of the molecule is CC/C=C(\CCCC)C(=O)N/N=C(\C)O/C(CCl)=C(Cl)/C=C\CCC. The first-order valence-corrected chi connectivity index (χ1v) is 9.73. The van der Waals surface area contributed by atoms with E-state index in [1.165, 1.54) is 0 Å². The molecular weight excluding hydrogens is 359 g/mol. The van der Waals surface area contributed by atoms with Gasteiger partial charge in [0.25, 0.3) is 5.91 Å². The summed E-state index contributed by atoms with van der Waals surface area (Å²) < 4.78 is 5.54. The molecule has 0 saturated heterocycles. The van der Waals surface area contributed by atoms with Crippen molar-refractivity contribution in [2.45, 2.75) is 66.2 Å². The summed E-state index contributed by atoms with van der Waals surface area (Å²) in [4.78, 5) is 12.2. The number of carbonyl (C=O) groups excluding carboxylic acids is 1. The molecule has 0 unspecified atom stereocenters. The lowest BCUT2D eigenvalue weighted by Gasteiger charge is -2.09. The fraction of sp³-hybridized carbons (Fsp3) is 0.579. The van der Waals surface area contributed by atoms with Gasteiger partial charge in [0.05, 0.1) is 10.9 Å². The first-order valence-electron chi connectivity index (χ1n) is 8.82. The van der Waals surface area contributed by atoms with Gasteiger partial charge in [-0.25, -0.2) is 5.43 Å². The number of hydrogen-bond acceptors (Lipinski definition) is 3. The molecule has 0 spiro atoms. The highest BCUT2D eigenvalue weighted by atomic mass is 35.5. The molecule has 0 rings (SSSR count). The Kier molecular flexibility index (Phi) is 14.3. The molecule has 0 aromatic rings. The van der Waals surface area contributed by atoms with Gasteiger partial charge in [0.1, 0.15) is 5.76 Å². The van der Waals surface area contributed by atoms with Gasteiger partial charge < -0.3 is 4.74 Å². The number of unbranched alkanes of at least 4 members (excludes halogenated alkanes) is 2. The molecule has 0 saturated carbocycles. The number of ether oxygens (including phenoxy) is 1. The van der Waals surface area contributed by atoms with Gasteiger partial charge in [-0.3, -0.25) is 4.79 Å². The molecule has 0 radical (unpaired) electrons. The number of amides is 1. The van der Waals surface area contributed by atoms with Crippen LogP contribution in [0.4, 0.5) is 0 Å². The van der Waals surface area contributed by atoms with Gasteiger partial charge in [0, 0.05) is 12.5 Å². The van der Waals surface area contributed by atoms with E-state index >= 15 is 0 Å². The Labute approximate surface area is 162 Å². The Morgan fingerprint density at radius 2 is 1.96 bits per heavy atom. The van der Waals surface area contributed by atoms with E-state index in [0.717, 1.165) is 44.1 Å². The Balaban J connectivity index is 4.86. The van der Waals surface area contributed by atoms with E-state index in [2.05, 4.69) is 24.4 Å². The van der Waals surface area contributed by atoms with Crippen molar-refractivity contribution in [3.63, 3.8) is 0 Å². The van der Waals surface area contributed by atoms with Gasteiger partial charge >= 0.3 is 0 Å². The third kappa shape index (κ3) is 11.1. The van der Waals surface area contributed by atoms with Crippen LogP contribution < -0.4 is 5.43 Å². The molecule has 1 amide bonds. The van der Waals surface area contributed by atoms with E-state index in [-0.39, 0.29) is 17.7 Å². The topological polar surface area (TPSA) is 50.7 Å². The molecule has 0 bridgehead atoms. The zero-order valence-corrected chi connectivity index (χ0v) is 17.2. The molecule has 0 aliphatic carbocycles. The second-order valence-electron chi connectivity index (χ2n) is 5.51. The van der Waals surface area contributed by atoms with Gasteiger partial charge in [-0.2, -0.15) is 0 Å². The third-order valence-corrected chi connectivity index (χ3v) is 3.81. The lowest BCUT2D eigenvalue weighted by atomic mass is 10.1. The van der Waals surface area contributed by atoms with Crippen LogP contribution in [0, 0.1) is 0 Å². The van der Waals surface area contributed by atoms with Gasteiger partial charge in [0.15, 0.2) is 0 Å². The largest absolute Gasteiger partial charge is 0.443 e. The van der Waals surface area contributed by atoms with E-state index in [0.29, 0.717) is 10.8 Å². The predicted octanol–water partition coefficient (Wildman–Crippen LogP) is 6.02. The molecule has 4 nitrogen and oxygen atoms in total. The first-order chi connectivity index (χ1) is 12.0. The average Bonchev–Trinajstić information content (AvgIpc) is 2.61. The van der Waals surface area contributed by atoms with Crippen molar-refractivity contribution < 1.29 is 9.53 Å². The normalized spacial score (nSPS) is 13.8. The van der Waals surface area contributed by atoms with E-state index < -0.39 is 0 Å². The number of alkyl halides is 1. The summed E-state index contributed by atoms with van der Waals surface area (Å²) in [5.41, 5.74) is 3.27. The standard InChI is InChI=1S/C19H30Cl2N2O2/c1-5-8-10-13-17(21)18(14-20)25-15(4)22-23-19(24)16(11-7-3)12-9-6-2/h10-11,13H,5-9,12,14H2,1-4H3,(H,23,24)/b13-10-,16-11+,18-17-,22-15+. The van der Waals surface area contributed by atoms with Crippen molar-refractivity contribution in [3.8, 4) is 0 Å². The van der Waals surface area contributed by atoms with Crippen LogP contribution in [0.5, 0.6) is 0 Å². The smallest absolute Gasteiger partial charge is 0.267 e. The molecule has 0 atom stereocenters. The van der Waals surface area contributed by atoms with E-state index in [1.807, 2.05) is 19.1 Å². The molecule has 0 fully saturated rings. The van der Waals surface area contributed by atoms with Crippen molar-refractivity contribution >= 4 is 35.0 Å². The van der Waals surface area contributed by atoms with Crippen molar-refractivity contribution in [2.75, 3.05) is 5.88 Å². The molecule has 0 aromatic heterocycles. The summed E-state index contributed by atoms with van der Waals surface area (Å²) in [6.07, 6.45) is 11.2. The van der Waals surface area contributed by atoms with Crippen LogP contribution in [0.2, 0.25) is 0 Å². The molecule has 25 heavy (non-hydrogen) atoms. The highest BCUT2D eigenvalue weighted by Gasteiger charge is 2.09. The summed E-state index contributed by atoms with van der Waals surface area (Å²) in [7, 11) is 0. The number of rotatable bonds is 11. The molecule has 6 heteroatoms.